The van der Waals surface area contributed by atoms with E-state index in [1.54, 1.807) is 0 Å². The second-order valence-electron chi connectivity index (χ2n) is 4.24. The van der Waals surface area contributed by atoms with Crippen LogP contribution in [0, 0.1) is 0 Å². The Morgan fingerprint density at radius 3 is 2.94 bits per heavy atom. The van der Waals surface area contributed by atoms with Gasteiger partial charge in [0.25, 0.3) is 0 Å². The highest BCUT2D eigenvalue weighted by Gasteiger charge is 2.14. The average Bonchev–Trinajstić information content (AvgIpc) is 2.88. The van der Waals surface area contributed by atoms with E-state index < -0.39 is 0 Å². The highest BCUT2D eigenvalue weighted by atomic mass is 16.5. The Labute approximate surface area is 101 Å². The maximum absolute atomic E-state index is 11.4. The van der Waals surface area contributed by atoms with Crippen molar-refractivity contribution >= 4 is 6.09 Å². The highest BCUT2D eigenvalue weighted by molar-refractivity contribution is 5.67. The number of benzene rings is 1. The van der Waals surface area contributed by atoms with E-state index in [0.29, 0.717) is 19.2 Å². The van der Waals surface area contributed by atoms with E-state index in [4.69, 9.17) is 4.74 Å². The molecule has 1 aliphatic heterocycles. The normalized spacial score (nSPS) is 18.9. The monoisotopic (exact) mass is 234 g/mol. The Bertz CT molecular complexity index is 348. The minimum Gasteiger partial charge on any atom is -0.445 e. The zero-order valence-corrected chi connectivity index (χ0v) is 9.82. The fourth-order valence-electron chi connectivity index (χ4n) is 1.91. The van der Waals surface area contributed by atoms with Crippen LogP contribution in [0.25, 0.3) is 0 Å². The van der Waals surface area contributed by atoms with E-state index in [9.17, 15) is 4.79 Å². The summed E-state index contributed by atoms with van der Waals surface area (Å²) in [5, 5.41) is 6.09. The summed E-state index contributed by atoms with van der Waals surface area (Å²) in [4.78, 5) is 11.4. The minimum atomic E-state index is -0.345. The van der Waals surface area contributed by atoms with Crippen LogP contribution in [-0.2, 0) is 11.3 Å². The van der Waals surface area contributed by atoms with Crippen LogP contribution >= 0.6 is 0 Å². The summed E-state index contributed by atoms with van der Waals surface area (Å²) >= 11 is 0. The van der Waals surface area contributed by atoms with Crippen LogP contribution in [-0.4, -0.2) is 25.2 Å². The first-order valence-corrected chi connectivity index (χ1v) is 6.02. The first kappa shape index (κ1) is 11.9. The second-order valence-corrected chi connectivity index (χ2v) is 4.24. The van der Waals surface area contributed by atoms with Gasteiger partial charge in [-0.25, -0.2) is 4.79 Å². The van der Waals surface area contributed by atoms with Gasteiger partial charge in [-0.1, -0.05) is 30.3 Å². The van der Waals surface area contributed by atoms with Gasteiger partial charge in [-0.05, 0) is 24.9 Å². The molecule has 1 fully saturated rings. The molecular formula is C13H18N2O2. The Morgan fingerprint density at radius 2 is 2.24 bits per heavy atom. The standard InChI is InChI=1S/C13H18N2O2/c16-13(15-9-12-7-4-8-14-12)17-10-11-5-2-1-3-6-11/h1-3,5-6,12,14H,4,7-10H2,(H,15,16). The van der Waals surface area contributed by atoms with Gasteiger partial charge in [0.1, 0.15) is 6.61 Å². The molecule has 92 valence electrons. The number of amides is 1. The molecule has 17 heavy (non-hydrogen) atoms. The lowest BCUT2D eigenvalue weighted by Crippen LogP contribution is -2.37. The number of hydrogen-bond donors (Lipinski definition) is 2. The Morgan fingerprint density at radius 1 is 1.41 bits per heavy atom. The molecule has 1 aliphatic rings. The van der Waals surface area contributed by atoms with E-state index >= 15 is 0 Å². The fourth-order valence-corrected chi connectivity index (χ4v) is 1.91. The summed E-state index contributed by atoms with van der Waals surface area (Å²) in [5.41, 5.74) is 1.00. The molecule has 0 spiro atoms. The van der Waals surface area contributed by atoms with Gasteiger partial charge in [0, 0.05) is 12.6 Å². The van der Waals surface area contributed by atoms with Gasteiger partial charge in [-0.2, -0.15) is 0 Å². The molecule has 1 unspecified atom stereocenters. The Hall–Kier alpha value is -1.55. The van der Waals surface area contributed by atoms with Crippen molar-refractivity contribution in [2.75, 3.05) is 13.1 Å². The number of carbonyl (C=O) groups is 1. The van der Waals surface area contributed by atoms with Crippen LogP contribution in [0.4, 0.5) is 4.79 Å². The molecule has 4 nitrogen and oxygen atoms in total. The molecule has 1 heterocycles. The van der Waals surface area contributed by atoms with Gasteiger partial charge < -0.3 is 15.4 Å². The summed E-state index contributed by atoms with van der Waals surface area (Å²) in [6.07, 6.45) is 1.97. The molecule has 1 atom stereocenters. The molecule has 0 saturated carbocycles. The van der Waals surface area contributed by atoms with Crippen molar-refractivity contribution in [2.45, 2.75) is 25.5 Å². The number of nitrogens with one attached hydrogen (secondary N) is 2. The van der Waals surface area contributed by atoms with Crippen LogP contribution in [0.2, 0.25) is 0 Å². The smallest absolute Gasteiger partial charge is 0.407 e. The lowest BCUT2D eigenvalue weighted by Gasteiger charge is -2.11. The third-order valence-corrected chi connectivity index (χ3v) is 2.87. The zero-order valence-electron chi connectivity index (χ0n) is 9.82. The predicted molar refractivity (Wildman–Crippen MR) is 65.7 cm³/mol. The van der Waals surface area contributed by atoms with Crippen LogP contribution in [0.5, 0.6) is 0 Å². The van der Waals surface area contributed by atoms with Gasteiger partial charge >= 0.3 is 6.09 Å². The number of hydrogen-bond acceptors (Lipinski definition) is 3. The van der Waals surface area contributed by atoms with E-state index in [-0.39, 0.29) is 6.09 Å². The van der Waals surface area contributed by atoms with E-state index in [1.165, 1.54) is 6.42 Å². The maximum Gasteiger partial charge on any atom is 0.407 e. The maximum atomic E-state index is 11.4. The molecule has 0 aromatic heterocycles. The van der Waals surface area contributed by atoms with Crippen molar-refractivity contribution < 1.29 is 9.53 Å². The minimum absolute atomic E-state index is 0.324. The molecule has 4 heteroatoms. The molecule has 0 bridgehead atoms. The summed E-state index contributed by atoms with van der Waals surface area (Å²) in [6, 6.07) is 10.1. The van der Waals surface area contributed by atoms with E-state index in [1.807, 2.05) is 30.3 Å². The van der Waals surface area contributed by atoms with Crippen molar-refractivity contribution in [3.05, 3.63) is 35.9 Å². The highest BCUT2D eigenvalue weighted by Crippen LogP contribution is 2.04. The van der Waals surface area contributed by atoms with Crippen molar-refractivity contribution in [3.63, 3.8) is 0 Å². The van der Waals surface area contributed by atoms with Gasteiger partial charge in [-0.3, -0.25) is 0 Å². The number of ether oxygens (including phenoxy) is 1. The van der Waals surface area contributed by atoms with Gasteiger partial charge in [0.15, 0.2) is 0 Å². The summed E-state index contributed by atoms with van der Waals surface area (Å²) in [7, 11) is 0. The fraction of sp³-hybridized carbons (Fsp3) is 0.462. The van der Waals surface area contributed by atoms with Crippen LogP contribution in [0.1, 0.15) is 18.4 Å². The second kappa shape index (κ2) is 6.25. The van der Waals surface area contributed by atoms with Crippen molar-refractivity contribution in [3.8, 4) is 0 Å². The summed E-state index contributed by atoms with van der Waals surface area (Å²) < 4.78 is 5.11. The third-order valence-electron chi connectivity index (χ3n) is 2.87. The molecule has 1 saturated heterocycles. The molecule has 2 N–H and O–H groups in total. The van der Waals surface area contributed by atoms with Crippen LogP contribution < -0.4 is 10.6 Å². The summed E-state index contributed by atoms with van der Waals surface area (Å²) in [6.45, 7) is 2.02. The molecule has 0 radical (unpaired) electrons. The predicted octanol–water partition coefficient (Wildman–Crippen LogP) is 1.66. The SMILES string of the molecule is O=C(NCC1CCCN1)OCc1ccccc1. The van der Waals surface area contributed by atoms with Crippen molar-refractivity contribution in [1.29, 1.82) is 0 Å². The van der Waals surface area contributed by atoms with Crippen molar-refractivity contribution in [2.24, 2.45) is 0 Å². The Kier molecular flexibility index (Phi) is 4.38. The van der Waals surface area contributed by atoms with Crippen LogP contribution in [0.15, 0.2) is 30.3 Å². The molecule has 1 aromatic carbocycles. The quantitative estimate of drug-likeness (QED) is 0.833. The number of alkyl carbamates (subject to hydrolysis) is 1. The first-order valence-electron chi connectivity index (χ1n) is 6.02. The zero-order chi connectivity index (χ0) is 11.9. The topological polar surface area (TPSA) is 50.4 Å². The summed E-state index contributed by atoms with van der Waals surface area (Å²) in [5.74, 6) is 0. The van der Waals surface area contributed by atoms with Gasteiger partial charge in [-0.15, -0.1) is 0 Å². The average molecular weight is 234 g/mol. The third kappa shape index (κ3) is 4.07. The Balaban J connectivity index is 1.64. The largest absolute Gasteiger partial charge is 0.445 e. The van der Waals surface area contributed by atoms with E-state index in [0.717, 1.165) is 18.5 Å². The molecular weight excluding hydrogens is 216 g/mol. The number of rotatable bonds is 4. The molecule has 0 aliphatic carbocycles. The van der Waals surface area contributed by atoms with Crippen molar-refractivity contribution in [1.82, 2.24) is 10.6 Å². The van der Waals surface area contributed by atoms with Crippen LogP contribution in [0.3, 0.4) is 0 Å². The van der Waals surface area contributed by atoms with Gasteiger partial charge in [0.05, 0.1) is 0 Å². The van der Waals surface area contributed by atoms with Gasteiger partial charge in [0.2, 0.25) is 0 Å². The molecule has 1 aromatic rings. The first-order chi connectivity index (χ1) is 8.34. The number of carbonyl (C=O) groups excluding carboxylic acids is 1. The van der Waals surface area contributed by atoms with E-state index in [2.05, 4.69) is 10.6 Å². The molecule has 2 rings (SSSR count). The lowest BCUT2D eigenvalue weighted by molar-refractivity contribution is 0.139. The lowest BCUT2D eigenvalue weighted by atomic mass is 10.2. The molecule has 1 amide bonds.